The maximum atomic E-state index is 11.8. The zero-order valence-electron chi connectivity index (χ0n) is 15.3. The van der Waals surface area contributed by atoms with E-state index in [1.54, 1.807) is 6.20 Å². The van der Waals surface area contributed by atoms with E-state index >= 15 is 0 Å². The highest BCUT2D eigenvalue weighted by molar-refractivity contribution is 5.96. The van der Waals surface area contributed by atoms with Crippen LogP contribution in [0.25, 0.3) is 10.9 Å². The Labute approximate surface area is 162 Å². The topological polar surface area (TPSA) is 145 Å². The summed E-state index contributed by atoms with van der Waals surface area (Å²) in [5.74, 6) is -0.0728. The molecule has 1 amide bonds. The molecule has 9 nitrogen and oxygen atoms in total. The van der Waals surface area contributed by atoms with Crippen LogP contribution in [-0.2, 0) is 0 Å². The van der Waals surface area contributed by atoms with E-state index < -0.39 is 5.91 Å². The fourth-order valence-electron chi connectivity index (χ4n) is 3.38. The molecule has 2 aromatic heterocycles. The number of benzene rings is 1. The monoisotopic (exact) mass is 378 g/mol. The van der Waals surface area contributed by atoms with Crippen molar-refractivity contribution >= 4 is 34.3 Å². The van der Waals surface area contributed by atoms with Crippen LogP contribution in [0.3, 0.4) is 0 Å². The first-order valence-corrected chi connectivity index (χ1v) is 9.27. The van der Waals surface area contributed by atoms with Gasteiger partial charge in [-0.3, -0.25) is 9.78 Å². The van der Waals surface area contributed by atoms with Crippen LogP contribution in [0.2, 0.25) is 0 Å². The highest BCUT2D eigenvalue weighted by Crippen LogP contribution is 2.24. The number of nitrogens with one attached hydrogen (secondary N) is 2. The molecule has 4 rings (SSSR count). The van der Waals surface area contributed by atoms with E-state index in [1.807, 2.05) is 30.3 Å². The third-order valence-corrected chi connectivity index (χ3v) is 4.89. The van der Waals surface area contributed by atoms with Gasteiger partial charge in [0.1, 0.15) is 0 Å². The third kappa shape index (κ3) is 3.99. The van der Waals surface area contributed by atoms with Crippen molar-refractivity contribution in [1.82, 2.24) is 20.2 Å². The number of rotatable bonds is 5. The van der Waals surface area contributed by atoms with Gasteiger partial charge in [0.2, 0.25) is 5.95 Å². The van der Waals surface area contributed by atoms with Gasteiger partial charge in [-0.25, -0.2) is 0 Å². The molecule has 2 heterocycles. The van der Waals surface area contributed by atoms with Gasteiger partial charge >= 0.3 is 0 Å². The van der Waals surface area contributed by atoms with Gasteiger partial charge in [-0.15, -0.1) is 10.2 Å². The molecule has 0 saturated heterocycles. The first kappa shape index (κ1) is 18.1. The summed E-state index contributed by atoms with van der Waals surface area (Å²) >= 11 is 0. The molecule has 1 fully saturated rings. The maximum absolute atomic E-state index is 11.8. The summed E-state index contributed by atoms with van der Waals surface area (Å²) in [5, 5.41) is 15.4. The van der Waals surface area contributed by atoms with E-state index in [2.05, 4.69) is 30.8 Å². The number of hydrogen-bond donors (Lipinski definition) is 4. The zero-order chi connectivity index (χ0) is 19.5. The standard InChI is InChI=1S/C19H22N8O/c20-12-3-5-13(6-4-12)24-19-25-18(16(17(21)28)26-27-19)23-14-7-8-15-11(10-14)2-1-9-22-15/h1-2,7-10,12-13H,3-6,20H2,(H2,21,28)(H2,23,24,25,27). The SMILES string of the molecule is NC(=O)c1nnc(NC2CCC(N)CC2)nc1Nc1ccc2ncccc2c1. The molecule has 1 aromatic carbocycles. The van der Waals surface area contributed by atoms with E-state index in [-0.39, 0.29) is 23.6 Å². The number of fused-ring (bicyclic) bond motifs is 1. The Morgan fingerprint density at radius 1 is 1.11 bits per heavy atom. The first-order valence-electron chi connectivity index (χ1n) is 9.27. The van der Waals surface area contributed by atoms with Crippen molar-refractivity contribution in [2.45, 2.75) is 37.8 Å². The molecule has 9 heteroatoms. The molecule has 0 unspecified atom stereocenters. The van der Waals surface area contributed by atoms with Crippen LogP contribution in [0.1, 0.15) is 36.2 Å². The summed E-state index contributed by atoms with van der Waals surface area (Å²) in [6.45, 7) is 0. The molecule has 3 aromatic rings. The lowest BCUT2D eigenvalue weighted by molar-refractivity contribution is 0.0995. The fourth-order valence-corrected chi connectivity index (χ4v) is 3.38. The van der Waals surface area contributed by atoms with Gasteiger partial charge < -0.3 is 22.1 Å². The lowest BCUT2D eigenvalue weighted by Crippen LogP contribution is -2.33. The average molecular weight is 378 g/mol. The molecular weight excluding hydrogens is 356 g/mol. The highest BCUT2D eigenvalue weighted by atomic mass is 16.1. The van der Waals surface area contributed by atoms with Crippen LogP contribution < -0.4 is 22.1 Å². The van der Waals surface area contributed by atoms with Crippen LogP contribution in [0.4, 0.5) is 17.5 Å². The Morgan fingerprint density at radius 3 is 2.71 bits per heavy atom. The minimum absolute atomic E-state index is 0.0116. The van der Waals surface area contributed by atoms with Crippen molar-refractivity contribution in [3.05, 3.63) is 42.2 Å². The van der Waals surface area contributed by atoms with Crippen molar-refractivity contribution in [2.24, 2.45) is 11.5 Å². The molecule has 1 aliphatic carbocycles. The average Bonchev–Trinajstić information content (AvgIpc) is 2.70. The molecule has 0 spiro atoms. The molecule has 0 radical (unpaired) electrons. The Balaban J connectivity index is 1.59. The molecule has 6 N–H and O–H groups in total. The molecule has 1 saturated carbocycles. The molecule has 0 atom stereocenters. The molecule has 0 bridgehead atoms. The van der Waals surface area contributed by atoms with Crippen LogP contribution >= 0.6 is 0 Å². The number of amides is 1. The maximum Gasteiger partial charge on any atom is 0.273 e. The number of hydrogen-bond acceptors (Lipinski definition) is 8. The smallest absolute Gasteiger partial charge is 0.273 e. The number of carbonyl (C=O) groups is 1. The quantitative estimate of drug-likeness (QED) is 0.527. The van der Waals surface area contributed by atoms with Crippen molar-refractivity contribution in [3.8, 4) is 0 Å². The second-order valence-corrected chi connectivity index (χ2v) is 6.99. The number of anilines is 3. The van der Waals surface area contributed by atoms with Crippen molar-refractivity contribution in [2.75, 3.05) is 10.6 Å². The summed E-state index contributed by atoms with van der Waals surface area (Å²) in [5.41, 5.74) is 13.0. The van der Waals surface area contributed by atoms with Crippen molar-refractivity contribution < 1.29 is 4.79 Å². The van der Waals surface area contributed by atoms with E-state index in [0.717, 1.165) is 42.3 Å². The van der Waals surface area contributed by atoms with E-state index in [0.29, 0.717) is 5.95 Å². The van der Waals surface area contributed by atoms with E-state index in [4.69, 9.17) is 11.5 Å². The summed E-state index contributed by atoms with van der Waals surface area (Å²) in [6.07, 6.45) is 5.55. The van der Waals surface area contributed by atoms with Crippen LogP contribution in [-0.4, -0.2) is 38.2 Å². The number of primary amides is 1. The number of aromatic nitrogens is 4. The minimum Gasteiger partial charge on any atom is -0.364 e. The normalized spacial score (nSPS) is 19.3. The lowest BCUT2D eigenvalue weighted by Gasteiger charge is -2.26. The van der Waals surface area contributed by atoms with E-state index in [1.165, 1.54) is 0 Å². The Bertz CT molecular complexity index is 1000. The van der Waals surface area contributed by atoms with Gasteiger partial charge in [-0.1, -0.05) is 6.07 Å². The second kappa shape index (κ2) is 7.73. The zero-order valence-corrected chi connectivity index (χ0v) is 15.3. The number of nitrogens with zero attached hydrogens (tertiary/aromatic N) is 4. The number of nitrogens with two attached hydrogens (primary N) is 2. The van der Waals surface area contributed by atoms with Gasteiger partial charge in [-0.05, 0) is 49.9 Å². The van der Waals surface area contributed by atoms with Crippen LogP contribution in [0.5, 0.6) is 0 Å². The summed E-state index contributed by atoms with van der Waals surface area (Å²) in [7, 11) is 0. The summed E-state index contributed by atoms with van der Waals surface area (Å²) in [6, 6.07) is 9.99. The highest BCUT2D eigenvalue weighted by Gasteiger charge is 2.21. The van der Waals surface area contributed by atoms with Crippen molar-refractivity contribution in [1.29, 1.82) is 0 Å². The Morgan fingerprint density at radius 2 is 1.93 bits per heavy atom. The van der Waals surface area contributed by atoms with Gasteiger partial charge in [0.25, 0.3) is 5.91 Å². The van der Waals surface area contributed by atoms with E-state index in [9.17, 15) is 4.79 Å². The van der Waals surface area contributed by atoms with Gasteiger partial charge in [0, 0.05) is 29.4 Å². The molecule has 28 heavy (non-hydrogen) atoms. The minimum atomic E-state index is -0.694. The second-order valence-electron chi connectivity index (χ2n) is 6.99. The van der Waals surface area contributed by atoms with Crippen LogP contribution in [0.15, 0.2) is 36.5 Å². The Kier molecular flexibility index (Phi) is 4.98. The lowest BCUT2D eigenvalue weighted by atomic mass is 9.92. The molecule has 0 aliphatic heterocycles. The third-order valence-electron chi connectivity index (χ3n) is 4.89. The summed E-state index contributed by atoms with van der Waals surface area (Å²) in [4.78, 5) is 20.5. The van der Waals surface area contributed by atoms with Crippen LogP contribution in [0, 0.1) is 0 Å². The first-order chi connectivity index (χ1) is 13.6. The van der Waals surface area contributed by atoms with Gasteiger partial charge in [0.05, 0.1) is 5.52 Å². The molecule has 1 aliphatic rings. The Hall–Kier alpha value is -3.33. The van der Waals surface area contributed by atoms with Crippen molar-refractivity contribution in [3.63, 3.8) is 0 Å². The largest absolute Gasteiger partial charge is 0.364 e. The number of pyridine rings is 1. The summed E-state index contributed by atoms with van der Waals surface area (Å²) < 4.78 is 0. The predicted octanol–water partition coefficient (Wildman–Crippen LogP) is 1.94. The predicted molar refractivity (Wildman–Crippen MR) is 107 cm³/mol. The van der Waals surface area contributed by atoms with Gasteiger partial charge in [0.15, 0.2) is 11.5 Å². The van der Waals surface area contributed by atoms with Gasteiger partial charge in [-0.2, -0.15) is 4.98 Å². The fraction of sp³-hybridized carbons (Fsp3) is 0.316. The molecule has 144 valence electrons. The number of carbonyl (C=O) groups excluding carboxylic acids is 1. The molecular formula is C19H22N8O.